The van der Waals surface area contributed by atoms with E-state index >= 15 is 0 Å². The van der Waals surface area contributed by atoms with E-state index in [-0.39, 0.29) is 16.3 Å². The Morgan fingerprint density at radius 1 is 1.44 bits per heavy atom. The zero-order valence-electron chi connectivity index (χ0n) is 10.0. The number of anilines is 1. The van der Waals surface area contributed by atoms with Crippen molar-refractivity contribution < 1.29 is 9.18 Å². The molecule has 0 radical (unpaired) electrons. The van der Waals surface area contributed by atoms with E-state index in [0.29, 0.717) is 18.7 Å². The molecule has 98 valence electrons. The van der Waals surface area contributed by atoms with Gasteiger partial charge in [-0.15, -0.1) is 0 Å². The summed E-state index contributed by atoms with van der Waals surface area (Å²) in [7, 11) is 0. The first kappa shape index (κ1) is 13.3. The summed E-state index contributed by atoms with van der Waals surface area (Å²) in [4.78, 5) is 11.9. The summed E-state index contributed by atoms with van der Waals surface area (Å²) in [6, 6.07) is 3.97. The third-order valence-corrected chi connectivity index (χ3v) is 3.75. The minimum Gasteiger partial charge on any atom is -0.330 e. The van der Waals surface area contributed by atoms with Crippen LogP contribution in [-0.2, 0) is 4.79 Å². The van der Waals surface area contributed by atoms with E-state index in [1.807, 2.05) is 0 Å². The second kappa shape index (κ2) is 5.24. The molecule has 0 spiro atoms. The molecule has 1 fully saturated rings. The summed E-state index contributed by atoms with van der Waals surface area (Å²) >= 11 is 5.72. The summed E-state index contributed by atoms with van der Waals surface area (Å²) in [5.74, 6) is -0.600. The fourth-order valence-electron chi connectivity index (χ4n) is 2.30. The fourth-order valence-corrected chi connectivity index (χ4v) is 2.52. The van der Waals surface area contributed by atoms with E-state index in [2.05, 4.69) is 5.32 Å². The van der Waals surface area contributed by atoms with Crippen LogP contribution in [0.2, 0.25) is 5.02 Å². The Morgan fingerprint density at radius 3 is 2.67 bits per heavy atom. The van der Waals surface area contributed by atoms with Crippen molar-refractivity contribution >= 4 is 23.2 Å². The Balaban J connectivity index is 1.98. The van der Waals surface area contributed by atoms with Gasteiger partial charge in [-0.2, -0.15) is 0 Å². The molecular formula is C13H16ClFN2O. The molecule has 0 bridgehead atoms. The van der Waals surface area contributed by atoms with Crippen LogP contribution in [0.1, 0.15) is 25.7 Å². The van der Waals surface area contributed by atoms with Gasteiger partial charge in [0.05, 0.1) is 0 Å². The van der Waals surface area contributed by atoms with E-state index in [1.54, 1.807) is 0 Å². The van der Waals surface area contributed by atoms with Gasteiger partial charge < -0.3 is 11.1 Å². The van der Waals surface area contributed by atoms with Crippen LogP contribution in [0.25, 0.3) is 0 Å². The van der Waals surface area contributed by atoms with Gasteiger partial charge in [0.2, 0.25) is 5.91 Å². The van der Waals surface area contributed by atoms with Crippen LogP contribution < -0.4 is 11.1 Å². The number of nitrogens with two attached hydrogens (primary N) is 1. The Bertz CT molecular complexity index is 435. The Morgan fingerprint density at radius 2 is 2.17 bits per heavy atom. The third kappa shape index (κ3) is 3.00. The normalized spacial score (nSPS) is 17.1. The number of halogens is 2. The van der Waals surface area contributed by atoms with Crippen LogP contribution in [0, 0.1) is 11.2 Å². The van der Waals surface area contributed by atoms with Crippen molar-refractivity contribution in [3.8, 4) is 0 Å². The van der Waals surface area contributed by atoms with Crippen molar-refractivity contribution in [3.63, 3.8) is 0 Å². The topological polar surface area (TPSA) is 55.1 Å². The Hall–Kier alpha value is -1.13. The Kier molecular flexibility index (Phi) is 3.88. The molecule has 1 aromatic rings. The van der Waals surface area contributed by atoms with Crippen LogP contribution in [0.5, 0.6) is 0 Å². The quantitative estimate of drug-likeness (QED) is 0.884. The number of nitrogens with one attached hydrogen (secondary N) is 1. The van der Waals surface area contributed by atoms with E-state index in [4.69, 9.17) is 17.3 Å². The van der Waals surface area contributed by atoms with Crippen molar-refractivity contribution in [1.29, 1.82) is 0 Å². The first-order chi connectivity index (χ1) is 8.53. The smallest absolute Gasteiger partial charge is 0.224 e. The minimum atomic E-state index is -0.463. The summed E-state index contributed by atoms with van der Waals surface area (Å²) in [6.45, 7) is 0.518. The van der Waals surface area contributed by atoms with E-state index in [9.17, 15) is 9.18 Å². The van der Waals surface area contributed by atoms with Gasteiger partial charge in [-0.05, 0) is 43.0 Å². The highest BCUT2D eigenvalue weighted by Crippen LogP contribution is 2.43. The monoisotopic (exact) mass is 270 g/mol. The number of carbonyl (C=O) groups is 1. The Labute approximate surface area is 111 Å². The molecule has 0 unspecified atom stereocenters. The van der Waals surface area contributed by atoms with Gasteiger partial charge in [-0.1, -0.05) is 18.0 Å². The molecule has 1 aliphatic rings. The van der Waals surface area contributed by atoms with Gasteiger partial charge in [0, 0.05) is 17.1 Å². The third-order valence-electron chi connectivity index (χ3n) is 3.53. The van der Waals surface area contributed by atoms with Gasteiger partial charge in [0.15, 0.2) is 0 Å². The lowest BCUT2D eigenvalue weighted by molar-refractivity contribution is -0.119. The molecule has 0 heterocycles. The molecule has 0 atom stereocenters. The number of amides is 1. The van der Waals surface area contributed by atoms with Gasteiger partial charge in [0.25, 0.3) is 0 Å². The minimum absolute atomic E-state index is 0.0544. The maximum absolute atomic E-state index is 13.1. The molecule has 18 heavy (non-hydrogen) atoms. The van der Waals surface area contributed by atoms with Crippen LogP contribution in [-0.4, -0.2) is 12.5 Å². The molecule has 5 heteroatoms. The van der Waals surface area contributed by atoms with Crippen molar-refractivity contribution in [2.45, 2.75) is 25.7 Å². The molecule has 3 N–H and O–H groups in total. The van der Waals surface area contributed by atoms with Crippen LogP contribution in [0.3, 0.4) is 0 Å². The van der Waals surface area contributed by atoms with Crippen molar-refractivity contribution in [1.82, 2.24) is 0 Å². The second-order valence-electron chi connectivity index (χ2n) is 4.94. The average Bonchev–Trinajstić information content (AvgIpc) is 2.21. The molecule has 0 saturated heterocycles. The van der Waals surface area contributed by atoms with Gasteiger partial charge in [-0.25, -0.2) is 4.39 Å². The number of rotatable bonds is 4. The molecular weight excluding hydrogens is 255 g/mol. The van der Waals surface area contributed by atoms with Gasteiger partial charge in [-0.3, -0.25) is 4.79 Å². The maximum Gasteiger partial charge on any atom is 0.224 e. The van der Waals surface area contributed by atoms with Crippen molar-refractivity contribution in [3.05, 3.63) is 29.0 Å². The standard InChI is InChI=1S/C13H16ClFN2O/c14-9-4-10(15)6-11(5-9)17-12(18)7-13(8-16)2-1-3-13/h4-6H,1-3,7-8,16H2,(H,17,18). The number of hydrogen-bond acceptors (Lipinski definition) is 2. The predicted octanol–water partition coefficient (Wildman–Crippen LogP) is 2.94. The molecule has 1 aliphatic carbocycles. The second-order valence-corrected chi connectivity index (χ2v) is 5.38. The number of hydrogen-bond donors (Lipinski definition) is 2. The zero-order chi connectivity index (χ0) is 13.2. The van der Waals surface area contributed by atoms with Gasteiger partial charge in [0.1, 0.15) is 5.82 Å². The van der Waals surface area contributed by atoms with Crippen LogP contribution >= 0.6 is 11.6 Å². The number of benzene rings is 1. The largest absolute Gasteiger partial charge is 0.330 e. The summed E-state index contributed by atoms with van der Waals surface area (Å²) < 4.78 is 13.1. The molecule has 1 aromatic carbocycles. The lowest BCUT2D eigenvalue weighted by Gasteiger charge is -2.40. The first-order valence-electron chi connectivity index (χ1n) is 5.99. The van der Waals surface area contributed by atoms with Crippen molar-refractivity contribution in [2.24, 2.45) is 11.1 Å². The van der Waals surface area contributed by atoms with Crippen LogP contribution in [0.15, 0.2) is 18.2 Å². The molecule has 1 saturated carbocycles. The number of carbonyl (C=O) groups excluding carboxylic acids is 1. The fraction of sp³-hybridized carbons (Fsp3) is 0.462. The van der Waals surface area contributed by atoms with E-state index < -0.39 is 5.82 Å². The maximum atomic E-state index is 13.1. The lowest BCUT2D eigenvalue weighted by atomic mass is 9.66. The molecule has 2 rings (SSSR count). The highest BCUT2D eigenvalue weighted by Gasteiger charge is 2.37. The lowest BCUT2D eigenvalue weighted by Crippen LogP contribution is -2.40. The predicted molar refractivity (Wildman–Crippen MR) is 70.0 cm³/mol. The SMILES string of the molecule is NCC1(CC(=O)Nc2cc(F)cc(Cl)c2)CCC1. The van der Waals surface area contributed by atoms with E-state index in [1.165, 1.54) is 18.2 Å². The molecule has 0 aromatic heterocycles. The summed E-state index contributed by atoms with van der Waals surface area (Å²) in [6.07, 6.45) is 3.48. The van der Waals surface area contributed by atoms with E-state index in [0.717, 1.165) is 19.3 Å². The summed E-state index contributed by atoms with van der Waals surface area (Å²) in [5.41, 5.74) is 6.03. The molecule has 0 aliphatic heterocycles. The highest BCUT2D eigenvalue weighted by atomic mass is 35.5. The van der Waals surface area contributed by atoms with Gasteiger partial charge >= 0.3 is 0 Å². The highest BCUT2D eigenvalue weighted by molar-refractivity contribution is 6.30. The van der Waals surface area contributed by atoms with Crippen LogP contribution in [0.4, 0.5) is 10.1 Å². The molecule has 3 nitrogen and oxygen atoms in total. The first-order valence-corrected chi connectivity index (χ1v) is 6.37. The van der Waals surface area contributed by atoms with Crippen molar-refractivity contribution in [2.75, 3.05) is 11.9 Å². The average molecular weight is 271 g/mol. The summed E-state index contributed by atoms with van der Waals surface area (Å²) in [5, 5.41) is 2.93. The molecule has 1 amide bonds. The zero-order valence-corrected chi connectivity index (χ0v) is 10.8.